The minimum Gasteiger partial charge on any atom is -0.394 e. The second-order valence-corrected chi connectivity index (χ2v) is 8.92. The van der Waals surface area contributed by atoms with E-state index < -0.39 is 48.5 Å². The third-order valence-corrected chi connectivity index (χ3v) is 5.50. The Labute approximate surface area is 211 Å². The molecule has 0 aliphatic carbocycles. The standard InChI is InChI=1S/C24H39N7O5/c1-14(2)20(31-21(34)17(25)10-7-11-28-24(26)27)23(36)30-19(13-32)22(35)29-18(15(3)33)12-16-8-5-4-6-9-16/h4-6,8-9,14,17-20,32H,7,10-13,25H2,1-3H3,(H,29,35)(H,30,36)(H,31,34)(H4,26,27,28)/t17-,18-,19-,20?/m0/s1. The van der Waals surface area contributed by atoms with Gasteiger partial charge < -0.3 is 37.8 Å². The van der Waals surface area contributed by atoms with Crippen molar-refractivity contribution in [2.24, 2.45) is 17.4 Å². The lowest BCUT2D eigenvalue weighted by Crippen LogP contribution is -2.59. The fourth-order valence-corrected chi connectivity index (χ4v) is 3.35. The van der Waals surface area contributed by atoms with Gasteiger partial charge in [-0.05, 0) is 37.7 Å². The van der Waals surface area contributed by atoms with E-state index in [0.29, 0.717) is 19.4 Å². The number of nitrogens with one attached hydrogen (secondary N) is 5. The van der Waals surface area contributed by atoms with Gasteiger partial charge in [-0.15, -0.1) is 0 Å². The highest BCUT2D eigenvalue weighted by Crippen LogP contribution is 2.06. The summed E-state index contributed by atoms with van der Waals surface area (Å²) in [5.41, 5.74) is 12.0. The van der Waals surface area contributed by atoms with Crippen LogP contribution in [-0.2, 0) is 25.6 Å². The summed E-state index contributed by atoms with van der Waals surface area (Å²) < 4.78 is 0. The van der Waals surface area contributed by atoms with Gasteiger partial charge in [-0.2, -0.15) is 0 Å². The first kappa shape index (κ1) is 30.5. The first-order valence-electron chi connectivity index (χ1n) is 11.9. The number of benzene rings is 1. The molecule has 1 aromatic rings. The summed E-state index contributed by atoms with van der Waals surface area (Å²) in [5, 5.41) is 27.1. The van der Waals surface area contributed by atoms with Gasteiger partial charge in [-0.1, -0.05) is 44.2 Å². The fraction of sp³-hybridized carbons (Fsp3) is 0.542. The van der Waals surface area contributed by atoms with Crippen molar-refractivity contribution >= 4 is 29.5 Å². The summed E-state index contributed by atoms with van der Waals surface area (Å²) >= 11 is 0. The molecule has 12 nitrogen and oxygen atoms in total. The van der Waals surface area contributed by atoms with E-state index in [1.54, 1.807) is 13.8 Å². The summed E-state index contributed by atoms with van der Waals surface area (Å²) in [7, 11) is 0. The number of hydrogen-bond donors (Lipinski definition) is 8. The van der Waals surface area contributed by atoms with Gasteiger partial charge in [-0.25, -0.2) is 0 Å². The number of amides is 3. The molecular weight excluding hydrogens is 466 g/mol. The van der Waals surface area contributed by atoms with Crippen molar-refractivity contribution in [3.05, 3.63) is 35.9 Å². The molecule has 0 bridgehead atoms. The van der Waals surface area contributed by atoms with Gasteiger partial charge in [0.05, 0.1) is 18.7 Å². The van der Waals surface area contributed by atoms with Crippen molar-refractivity contribution in [2.45, 2.75) is 64.2 Å². The zero-order valence-corrected chi connectivity index (χ0v) is 21.0. The molecule has 0 saturated heterocycles. The van der Waals surface area contributed by atoms with Crippen molar-refractivity contribution in [3.8, 4) is 0 Å². The van der Waals surface area contributed by atoms with Crippen LogP contribution in [0.2, 0.25) is 0 Å². The first-order chi connectivity index (χ1) is 17.0. The maximum absolute atomic E-state index is 12.9. The number of nitrogens with two attached hydrogens (primary N) is 2. The number of Topliss-reactive ketones (excluding diaryl/α,β-unsaturated/α-hetero) is 1. The second-order valence-electron chi connectivity index (χ2n) is 8.92. The highest BCUT2D eigenvalue weighted by Gasteiger charge is 2.31. The normalized spacial score (nSPS) is 14.2. The van der Waals surface area contributed by atoms with Gasteiger partial charge in [0.25, 0.3) is 0 Å². The lowest BCUT2D eigenvalue weighted by atomic mass is 10.0. The van der Waals surface area contributed by atoms with Gasteiger partial charge in [0.15, 0.2) is 11.7 Å². The SMILES string of the molecule is CC(=O)[C@H](Cc1ccccc1)NC(=O)[C@H](CO)NC(=O)C(NC(=O)[C@@H](N)CCCNC(=N)N)C(C)C. The Balaban J connectivity index is 2.75. The highest BCUT2D eigenvalue weighted by atomic mass is 16.3. The van der Waals surface area contributed by atoms with Crippen LogP contribution >= 0.6 is 0 Å². The van der Waals surface area contributed by atoms with Gasteiger partial charge in [0.2, 0.25) is 17.7 Å². The number of carbonyl (C=O) groups is 4. The Bertz CT molecular complexity index is 894. The average molecular weight is 506 g/mol. The van der Waals surface area contributed by atoms with E-state index in [4.69, 9.17) is 16.9 Å². The number of hydrogen-bond acceptors (Lipinski definition) is 7. The third-order valence-electron chi connectivity index (χ3n) is 5.50. The molecule has 1 rings (SSSR count). The number of guanidine groups is 1. The van der Waals surface area contributed by atoms with Crippen LogP contribution in [0.3, 0.4) is 0 Å². The van der Waals surface area contributed by atoms with Crippen molar-refractivity contribution < 1.29 is 24.3 Å². The Morgan fingerprint density at radius 3 is 2.11 bits per heavy atom. The van der Waals surface area contributed by atoms with E-state index in [9.17, 15) is 24.3 Å². The van der Waals surface area contributed by atoms with Gasteiger partial charge in [0.1, 0.15) is 12.1 Å². The van der Waals surface area contributed by atoms with Crippen LogP contribution in [0, 0.1) is 11.3 Å². The number of ketones is 1. The Morgan fingerprint density at radius 2 is 1.58 bits per heavy atom. The van der Waals surface area contributed by atoms with E-state index in [2.05, 4.69) is 21.3 Å². The molecule has 200 valence electrons. The molecule has 1 aromatic carbocycles. The summed E-state index contributed by atoms with van der Waals surface area (Å²) in [6, 6.07) is 5.09. The smallest absolute Gasteiger partial charge is 0.245 e. The summed E-state index contributed by atoms with van der Waals surface area (Å²) in [4.78, 5) is 50.2. The number of aliphatic hydroxyl groups is 1. The molecule has 0 fully saturated rings. The maximum atomic E-state index is 12.9. The predicted octanol–water partition coefficient (Wildman–Crippen LogP) is -1.49. The number of aliphatic hydroxyl groups excluding tert-OH is 1. The van der Waals surface area contributed by atoms with Gasteiger partial charge in [-0.3, -0.25) is 24.6 Å². The lowest BCUT2D eigenvalue weighted by molar-refractivity contribution is -0.134. The van der Waals surface area contributed by atoms with E-state index in [0.717, 1.165) is 5.56 Å². The second kappa shape index (κ2) is 15.5. The molecule has 0 aliphatic rings. The zero-order chi connectivity index (χ0) is 27.3. The molecule has 0 aliphatic heterocycles. The van der Waals surface area contributed by atoms with Gasteiger partial charge in [0, 0.05) is 6.54 Å². The van der Waals surface area contributed by atoms with Crippen LogP contribution in [-0.4, -0.2) is 71.9 Å². The van der Waals surface area contributed by atoms with Crippen molar-refractivity contribution in [1.29, 1.82) is 5.41 Å². The van der Waals surface area contributed by atoms with Crippen molar-refractivity contribution in [2.75, 3.05) is 13.2 Å². The van der Waals surface area contributed by atoms with E-state index in [-0.39, 0.29) is 24.1 Å². The topological polar surface area (TPSA) is 213 Å². The van der Waals surface area contributed by atoms with E-state index in [1.165, 1.54) is 6.92 Å². The summed E-state index contributed by atoms with van der Waals surface area (Å²) in [6.45, 7) is 4.46. The van der Waals surface area contributed by atoms with E-state index >= 15 is 0 Å². The Kier molecular flexibility index (Phi) is 13.1. The molecule has 3 amide bonds. The molecular formula is C24H39N7O5. The molecule has 10 N–H and O–H groups in total. The number of rotatable bonds is 15. The Hall–Kier alpha value is -3.51. The molecule has 0 radical (unpaired) electrons. The van der Waals surface area contributed by atoms with Crippen molar-refractivity contribution in [1.82, 2.24) is 21.3 Å². The average Bonchev–Trinajstić information content (AvgIpc) is 2.82. The lowest BCUT2D eigenvalue weighted by Gasteiger charge is -2.26. The summed E-state index contributed by atoms with van der Waals surface area (Å²) in [5.74, 6) is -2.72. The zero-order valence-electron chi connectivity index (χ0n) is 21.0. The maximum Gasteiger partial charge on any atom is 0.245 e. The molecule has 0 spiro atoms. The van der Waals surface area contributed by atoms with Crippen LogP contribution in [0.5, 0.6) is 0 Å². The highest BCUT2D eigenvalue weighted by molar-refractivity contribution is 5.95. The van der Waals surface area contributed by atoms with Crippen LogP contribution in [0.25, 0.3) is 0 Å². The van der Waals surface area contributed by atoms with Crippen LogP contribution in [0.15, 0.2) is 30.3 Å². The molecule has 0 aromatic heterocycles. The monoisotopic (exact) mass is 505 g/mol. The summed E-state index contributed by atoms with van der Waals surface area (Å²) in [6.07, 6.45) is 1.05. The van der Waals surface area contributed by atoms with Crippen LogP contribution < -0.4 is 32.7 Å². The largest absolute Gasteiger partial charge is 0.394 e. The van der Waals surface area contributed by atoms with Crippen molar-refractivity contribution in [3.63, 3.8) is 0 Å². The van der Waals surface area contributed by atoms with Gasteiger partial charge >= 0.3 is 0 Å². The van der Waals surface area contributed by atoms with E-state index in [1.807, 2.05) is 30.3 Å². The van der Waals surface area contributed by atoms with Crippen LogP contribution in [0.1, 0.15) is 39.2 Å². The molecule has 36 heavy (non-hydrogen) atoms. The minimum atomic E-state index is -1.32. The molecule has 0 heterocycles. The molecule has 4 atom stereocenters. The quantitative estimate of drug-likeness (QED) is 0.0797. The minimum absolute atomic E-state index is 0.179. The first-order valence-corrected chi connectivity index (χ1v) is 11.9. The molecule has 0 saturated carbocycles. The molecule has 12 heteroatoms. The fourth-order valence-electron chi connectivity index (χ4n) is 3.35. The third kappa shape index (κ3) is 10.8. The number of carbonyl (C=O) groups excluding carboxylic acids is 4. The molecule has 1 unspecified atom stereocenters. The predicted molar refractivity (Wildman–Crippen MR) is 136 cm³/mol. The van der Waals surface area contributed by atoms with Crippen LogP contribution in [0.4, 0.5) is 0 Å². The Morgan fingerprint density at radius 1 is 0.972 bits per heavy atom.